The number of aromatic nitrogens is 1. The summed E-state index contributed by atoms with van der Waals surface area (Å²) in [6.45, 7) is 4.05. The number of hydrogen-bond donors (Lipinski definition) is 1. The third kappa shape index (κ3) is 2.79. The lowest BCUT2D eigenvalue weighted by Gasteiger charge is -2.11. The van der Waals surface area contributed by atoms with Gasteiger partial charge in [0.2, 0.25) is 0 Å². The van der Waals surface area contributed by atoms with Crippen molar-refractivity contribution < 1.29 is 0 Å². The summed E-state index contributed by atoms with van der Waals surface area (Å²) in [6.07, 6.45) is 1.77. The molecule has 2 aromatic rings. The van der Waals surface area contributed by atoms with Gasteiger partial charge in [-0.1, -0.05) is 17.7 Å². The molecule has 0 atom stereocenters. The lowest BCUT2D eigenvalue weighted by atomic mass is 10.2. The van der Waals surface area contributed by atoms with E-state index in [4.69, 9.17) is 11.6 Å². The molecule has 1 N–H and O–H groups in total. The van der Waals surface area contributed by atoms with Crippen LogP contribution in [0.1, 0.15) is 11.1 Å². The van der Waals surface area contributed by atoms with Gasteiger partial charge in [-0.05, 0) is 59.1 Å². The van der Waals surface area contributed by atoms with Crippen LogP contribution in [-0.4, -0.2) is 4.98 Å². The Labute approximate surface area is 114 Å². The third-order valence-corrected chi connectivity index (χ3v) is 3.79. The Morgan fingerprint density at radius 1 is 1.24 bits per heavy atom. The predicted molar refractivity (Wildman–Crippen MR) is 76.1 cm³/mol. The van der Waals surface area contributed by atoms with Gasteiger partial charge in [0.1, 0.15) is 5.82 Å². The quantitative estimate of drug-likeness (QED) is 0.857. The molecular formula is C13H12BrClN2. The van der Waals surface area contributed by atoms with Gasteiger partial charge in [-0.25, -0.2) is 4.98 Å². The molecule has 17 heavy (non-hydrogen) atoms. The van der Waals surface area contributed by atoms with E-state index in [0.29, 0.717) is 5.02 Å². The second-order valence-corrected chi connectivity index (χ2v) is 5.10. The Morgan fingerprint density at radius 2 is 2.00 bits per heavy atom. The van der Waals surface area contributed by atoms with E-state index < -0.39 is 0 Å². The SMILES string of the molecule is Cc1ccc(Cl)c(Nc2nccc(C)c2Br)c1. The molecule has 2 rings (SSSR count). The molecule has 0 fully saturated rings. The summed E-state index contributed by atoms with van der Waals surface area (Å²) in [7, 11) is 0. The second-order valence-electron chi connectivity index (χ2n) is 3.90. The average molecular weight is 312 g/mol. The van der Waals surface area contributed by atoms with E-state index in [0.717, 1.165) is 27.1 Å². The Bertz CT molecular complexity index is 555. The van der Waals surface area contributed by atoms with E-state index >= 15 is 0 Å². The van der Waals surface area contributed by atoms with Crippen LogP contribution in [0.3, 0.4) is 0 Å². The first kappa shape index (κ1) is 12.4. The molecule has 2 nitrogen and oxygen atoms in total. The summed E-state index contributed by atoms with van der Waals surface area (Å²) in [6, 6.07) is 7.81. The van der Waals surface area contributed by atoms with Crippen LogP contribution in [0.5, 0.6) is 0 Å². The lowest BCUT2D eigenvalue weighted by Crippen LogP contribution is -1.96. The van der Waals surface area contributed by atoms with Gasteiger partial charge in [0, 0.05) is 6.20 Å². The van der Waals surface area contributed by atoms with Crippen LogP contribution in [-0.2, 0) is 0 Å². The molecule has 0 spiro atoms. The molecule has 0 bridgehead atoms. The van der Waals surface area contributed by atoms with Crippen LogP contribution in [0.25, 0.3) is 0 Å². The first-order chi connectivity index (χ1) is 8.08. The minimum atomic E-state index is 0.686. The topological polar surface area (TPSA) is 24.9 Å². The first-order valence-electron chi connectivity index (χ1n) is 5.22. The van der Waals surface area contributed by atoms with Crippen LogP contribution in [0.15, 0.2) is 34.9 Å². The molecule has 0 aliphatic carbocycles. The summed E-state index contributed by atoms with van der Waals surface area (Å²) >= 11 is 9.65. The van der Waals surface area contributed by atoms with E-state index in [1.807, 2.05) is 38.1 Å². The standard InChI is InChI=1S/C13H12BrClN2/c1-8-3-4-10(15)11(7-8)17-13-12(14)9(2)5-6-16-13/h3-7H,1-2H3,(H,16,17). The van der Waals surface area contributed by atoms with Crippen molar-refractivity contribution in [3.05, 3.63) is 51.1 Å². The number of rotatable bonds is 2. The maximum absolute atomic E-state index is 6.13. The average Bonchev–Trinajstić information content (AvgIpc) is 2.30. The highest BCUT2D eigenvalue weighted by molar-refractivity contribution is 9.10. The maximum atomic E-state index is 6.13. The highest BCUT2D eigenvalue weighted by atomic mass is 79.9. The molecule has 1 heterocycles. The highest BCUT2D eigenvalue weighted by Gasteiger charge is 2.06. The smallest absolute Gasteiger partial charge is 0.144 e. The van der Waals surface area contributed by atoms with Gasteiger partial charge in [0.15, 0.2) is 0 Å². The Kier molecular flexibility index (Phi) is 3.69. The fourth-order valence-corrected chi connectivity index (χ4v) is 1.99. The van der Waals surface area contributed by atoms with Crippen molar-refractivity contribution in [1.82, 2.24) is 4.98 Å². The van der Waals surface area contributed by atoms with Crippen LogP contribution in [0, 0.1) is 13.8 Å². The Morgan fingerprint density at radius 3 is 2.76 bits per heavy atom. The van der Waals surface area contributed by atoms with E-state index in [1.165, 1.54) is 0 Å². The summed E-state index contributed by atoms with van der Waals surface area (Å²) in [5.74, 6) is 0.775. The normalized spacial score (nSPS) is 10.4. The number of nitrogens with zero attached hydrogens (tertiary/aromatic N) is 1. The molecule has 4 heteroatoms. The molecule has 88 valence electrons. The number of nitrogens with one attached hydrogen (secondary N) is 1. The predicted octanol–water partition coefficient (Wildman–Crippen LogP) is 4.86. The molecule has 0 aliphatic rings. The number of benzene rings is 1. The zero-order valence-electron chi connectivity index (χ0n) is 9.59. The van der Waals surface area contributed by atoms with E-state index in [2.05, 4.69) is 26.2 Å². The van der Waals surface area contributed by atoms with Gasteiger partial charge in [-0.3, -0.25) is 0 Å². The molecule has 0 saturated carbocycles. The maximum Gasteiger partial charge on any atom is 0.144 e. The fraction of sp³-hybridized carbons (Fsp3) is 0.154. The molecule has 1 aromatic heterocycles. The van der Waals surface area contributed by atoms with Crippen molar-refractivity contribution in [1.29, 1.82) is 0 Å². The lowest BCUT2D eigenvalue weighted by molar-refractivity contribution is 1.25. The first-order valence-corrected chi connectivity index (χ1v) is 6.39. The largest absolute Gasteiger partial charge is 0.338 e. The molecule has 0 aliphatic heterocycles. The van der Waals surface area contributed by atoms with Gasteiger partial charge in [-0.15, -0.1) is 0 Å². The summed E-state index contributed by atoms with van der Waals surface area (Å²) < 4.78 is 0.956. The van der Waals surface area contributed by atoms with Crippen LogP contribution < -0.4 is 5.32 Å². The summed E-state index contributed by atoms with van der Waals surface area (Å²) in [4.78, 5) is 4.29. The van der Waals surface area contributed by atoms with Crippen LogP contribution in [0.2, 0.25) is 5.02 Å². The van der Waals surface area contributed by atoms with Crippen LogP contribution in [0.4, 0.5) is 11.5 Å². The van der Waals surface area contributed by atoms with Gasteiger partial charge < -0.3 is 5.32 Å². The van der Waals surface area contributed by atoms with Crippen LogP contribution >= 0.6 is 27.5 Å². The van der Waals surface area contributed by atoms with E-state index in [-0.39, 0.29) is 0 Å². The van der Waals surface area contributed by atoms with Crippen molar-refractivity contribution in [3.8, 4) is 0 Å². The molecule has 0 saturated heterocycles. The molecule has 1 aromatic carbocycles. The van der Waals surface area contributed by atoms with Gasteiger partial charge in [-0.2, -0.15) is 0 Å². The number of halogens is 2. The fourth-order valence-electron chi connectivity index (χ4n) is 1.49. The Balaban J connectivity index is 2.38. The third-order valence-electron chi connectivity index (χ3n) is 2.46. The Hall–Kier alpha value is -1.06. The zero-order valence-corrected chi connectivity index (χ0v) is 11.9. The van der Waals surface area contributed by atoms with Crippen molar-refractivity contribution in [2.45, 2.75) is 13.8 Å². The van der Waals surface area contributed by atoms with Crippen molar-refractivity contribution in [2.75, 3.05) is 5.32 Å². The highest BCUT2D eigenvalue weighted by Crippen LogP contribution is 2.30. The molecular weight excluding hydrogens is 300 g/mol. The van der Waals surface area contributed by atoms with Crippen molar-refractivity contribution in [2.24, 2.45) is 0 Å². The van der Waals surface area contributed by atoms with E-state index in [9.17, 15) is 0 Å². The van der Waals surface area contributed by atoms with Crippen molar-refractivity contribution >= 4 is 39.0 Å². The van der Waals surface area contributed by atoms with Gasteiger partial charge >= 0.3 is 0 Å². The second kappa shape index (κ2) is 5.07. The van der Waals surface area contributed by atoms with Crippen molar-refractivity contribution in [3.63, 3.8) is 0 Å². The number of anilines is 2. The number of pyridine rings is 1. The molecule has 0 radical (unpaired) electrons. The molecule has 0 unspecified atom stereocenters. The minimum absolute atomic E-state index is 0.686. The summed E-state index contributed by atoms with van der Waals surface area (Å²) in [5.41, 5.74) is 3.15. The minimum Gasteiger partial charge on any atom is -0.338 e. The summed E-state index contributed by atoms with van der Waals surface area (Å²) in [5, 5.41) is 3.92. The van der Waals surface area contributed by atoms with Gasteiger partial charge in [0.05, 0.1) is 15.2 Å². The van der Waals surface area contributed by atoms with E-state index in [1.54, 1.807) is 6.20 Å². The number of aryl methyl sites for hydroxylation is 2. The molecule has 0 amide bonds. The zero-order chi connectivity index (χ0) is 12.4. The van der Waals surface area contributed by atoms with Gasteiger partial charge in [0.25, 0.3) is 0 Å². The number of hydrogen-bond acceptors (Lipinski definition) is 2. The monoisotopic (exact) mass is 310 g/mol.